The smallest absolute Gasteiger partial charge is 0.330 e. The topological polar surface area (TPSA) is 195 Å². The van der Waals surface area contributed by atoms with Crippen molar-refractivity contribution < 1.29 is 76.1 Å². The van der Waals surface area contributed by atoms with Crippen molar-refractivity contribution in [2.45, 2.75) is 203 Å². The predicted molar refractivity (Wildman–Crippen MR) is 246 cm³/mol. The van der Waals surface area contributed by atoms with Crippen LogP contribution in [0.15, 0.2) is 25.3 Å². The summed E-state index contributed by atoms with van der Waals surface area (Å²) in [6.45, 7) is 9.30. The van der Waals surface area contributed by atoms with E-state index in [4.69, 9.17) is 47.4 Å². The summed E-state index contributed by atoms with van der Waals surface area (Å²) in [4.78, 5) is 74.9. The number of carbonyl (C=O) groups excluding carboxylic acids is 6. The third-order valence-corrected chi connectivity index (χ3v) is 14.7. The second-order valence-corrected chi connectivity index (χ2v) is 19.6. The van der Waals surface area contributed by atoms with Crippen molar-refractivity contribution in [3.63, 3.8) is 0 Å². The van der Waals surface area contributed by atoms with Gasteiger partial charge in [0.2, 0.25) is 0 Å². The Hall–Kier alpha value is -3.86. The highest BCUT2D eigenvalue weighted by Gasteiger charge is 2.52. The van der Waals surface area contributed by atoms with Crippen molar-refractivity contribution in [1.29, 1.82) is 0 Å². The van der Waals surface area contributed by atoms with Gasteiger partial charge in [-0.05, 0) is 141 Å². The van der Waals surface area contributed by atoms with Gasteiger partial charge in [-0.3, -0.25) is 19.2 Å². The van der Waals surface area contributed by atoms with Crippen LogP contribution in [0.2, 0.25) is 0 Å². The number of rotatable bonds is 26. The molecule has 0 aromatic carbocycles. The maximum Gasteiger partial charge on any atom is 0.330 e. The number of unbranched alkanes of at least 4 members (excludes halogenated alkanes) is 6. The zero-order valence-corrected chi connectivity index (χ0v) is 40.2. The fraction of sp³-hybridized carbons (Fsp3) is 0.808. The van der Waals surface area contributed by atoms with Crippen LogP contribution in [-0.4, -0.2) is 124 Å². The second-order valence-electron chi connectivity index (χ2n) is 19.6. The highest BCUT2D eigenvalue weighted by molar-refractivity contribution is 5.81. The van der Waals surface area contributed by atoms with E-state index < -0.39 is 24.4 Å². The van der Waals surface area contributed by atoms with Crippen LogP contribution in [0.3, 0.4) is 0 Å². The van der Waals surface area contributed by atoms with Gasteiger partial charge in [-0.2, -0.15) is 0 Å². The Morgan fingerprint density at radius 3 is 1.00 bits per heavy atom. The molecular weight excluding hydrogens is 881 g/mol. The van der Waals surface area contributed by atoms with Gasteiger partial charge >= 0.3 is 35.8 Å². The second kappa shape index (κ2) is 28.7. The summed E-state index contributed by atoms with van der Waals surface area (Å²) in [7, 11) is 0. The first-order chi connectivity index (χ1) is 33.1. The normalized spacial score (nSPS) is 31.4. The molecule has 4 atom stereocenters. The van der Waals surface area contributed by atoms with E-state index in [2.05, 4.69) is 13.2 Å². The number of fused-ring (bicyclic) bond motifs is 1. The van der Waals surface area contributed by atoms with Crippen LogP contribution >= 0.6 is 0 Å². The lowest BCUT2D eigenvalue weighted by atomic mass is 9.86. The quantitative estimate of drug-likeness (QED) is 0.0357. The van der Waals surface area contributed by atoms with Crippen molar-refractivity contribution >= 4 is 35.8 Å². The third-order valence-electron chi connectivity index (χ3n) is 14.7. The number of hydrogen-bond donors (Lipinski definition) is 0. The molecule has 0 aromatic rings. The number of hydrogen-bond acceptors (Lipinski definition) is 16. The lowest BCUT2D eigenvalue weighted by Crippen LogP contribution is -2.39. The first-order valence-electron chi connectivity index (χ1n) is 26.0. The van der Waals surface area contributed by atoms with Crippen LogP contribution < -0.4 is 0 Å². The molecule has 6 rings (SSSR count). The average molecular weight is 959 g/mol. The molecule has 0 radical (unpaired) electrons. The fourth-order valence-corrected chi connectivity index (χ4v) is 10.5. The molecule has 6 fully saturated rings. The van der Waals surface area contributed by atoms with Crippen LogP contribution in [0.25, 0.3) is 0 Å². The van der Waals surface area contributed by atoms with Gasteiger partial charge in [0.05, 0.1) is 62.3 Å². The van der Waals surface area contributed by atoms with Crippen LogP contribution in [-0.2, 0) is 76.1 Å². The molecule has 2 saturated heterocycles. The first-order valence-corrected chi connectivity index (χ1v) is 26.0. The minimum absolute atomic E-state index is 0.126. The summed E-state index contributed by atoms with van der Waals surface area (Å²) in [6, 6.07) is 0. The van der Waals surface area contributed by atoms with Gasteiger partial charge in [-0.15, -0.1) is 0 Å². The molecular formula is C52H78O16. The molecule has 0 spiro atoms. The Labute approximate surface area is 402 Å². The molecule has 0 N–H and O–H groups in total. The molecule has 0 bridgehead atoms. The van der Waals surface area contributed by atoms with Crippen LogP contribution in [0.1, 0.15) is 154 Å². The SMILES string of the molecule is C=CC(=O)OCCCCCCOC1CCC(C(=O)OC2CCC(C(=O)O[C@H]3CO[C@H]4[C@@H]3OC[C@H]4OC(=O)C3CCC(OC(=O)C4CCC(OCCCCCCOC(=O)C=C)CC4)CC3)CC2)CC1. The van der Waals surface area contributed by atoms with Gasteiger partial charge in [0.15, 0.2) is 12.2 Å². The number of carbonyl (C=O) groups is 6. The first kappa shape index (κ1) is 53.5. The summed E-state index contributed by atoms with van der Waals surface area (Å²) >= 11 is 0. The van der Waals surface area contributed by atoms with E-state index >= 15 is 0 Å². The summed E-state index contributed by atoms with van der Waals surface area (Å²) < 4.78 is 57.8. The summed E-state index contributed by atoms with van der Waals surface area (Å²) in [5, 5.41) is 0. The van der Waals surface area contributed by atoms with Gasteiger partial charge in [-0.25, -0.2) is 9.59 Å². The lowest BCUT2D eigenvalue weighted by Gasteiger charge is -2.31. The van der Waals surface area contributed by atoms with Crippen molar-refractivity contribution in [2.75, 3.05) is 39.6 Å². The van der Waals surface area contributed by atoms with E-state index in [1.165, 1.54) is 12.2 Å². The Kier molecular flexibility index (Phi) is 22.6. The van der Waals surface area contributed by atoms with Crippen molar-refractivity contribution in [1.82, 2.24) is 0 Å². The molecule has 0 amide bonds. The van der Waals surface area contributed by atoms with Gasteiger partial charge in [0, 0.05) is 25.4 Å². The molecule has 2 aliphatic heterocycles. The van der Waals surface area contributed by atoms with Gasteiger partial charge < -0.3 is 47.4 Å². The van der Waals surface area contributed by atoms with E-state index in [9.17, 15) is 28.8 Å². The van der Waals surface area contributed by atoms with Crippen LogP contribution in [0, 0.1) is 23.7 Å². The molecule has 382 valence electrons. The molecule has 6 aliphatic rings. The molecule has 0 unspecified atom stereocenters. The Morgan fingerprint density at radius 1 is 0.382 bits per heavy atom. The van der Waals surface area contributed by atoms with E-state index in [1.54, 1.807) is 0 Å². The third kappa shape index (κ3) is 17.2. The Balaban J connectivity index is 0.772. The lowest BCUT2D eigenvalue weighted by molar-refractivity contribution is -0.164. The van der Waals surface area contributed by atoms with E-state index in [0.717, 1.165) is 103 Å². The standard InChI is InChI=1S/C52H78O16/c1-3-45(53)61-31-11-7-5-9-29-59-39-21-13-35(14-22-39)49(55)65-41-25-17-37(18-26-41)51(57)67-43-33-63-48-44(34-64-47(43)48)68-52(58)38-19-27-42(28-20-38)66-50(56)36-15-23-40(24-16-36)60-30-10-6-8-12-32-62-46(54)4-2/h3-4,35-44,47-48H,1-2,5-34H2/t35?,36?,37?,38?,39?,40?,41?,42?,43-,44+,47-,48-/m1/s1. The Morgan fingerprint density at radius 2 is 0.676 bits per heavy atom. The minimum atomic E-state index is -0.594. The van der Waals surface area contributed by atoms with E-state index in [1.807, 2.05) is 0 Å². The van der Waals surface area contributed by atoms with Gasteiger partial charge in [-0.1, -0.05) is 26.0 Å². The molecule has 16 nitrogen and oxygen atoms in total. The molecule has 2 heterocycles. The maximum absolute atomic E-state index is 13.3. The summed E-state index contributed by atoms with van der Waals surface area (Å²) in [5.74, 6) is -2.53. The van der Waals surface area contributed by atoms with E-state index in [0.29, 0.717) is 77.8 Å². The minimum Gasteiger partial charge on any atom is -0.463 e. The maximum atomic E-state index is 13.3. The highest BCUT2D eigenvalue weighted by Crippen LogP contribution is 2.36. The van der Waals surface area contributed by atoms with Crippen LogP contribution in [0.5, 0.6) is 0 Å². The summed E-state index contributed by atoms with van der Waals surface area (Å²) in [6.07, 6.45) is 18.6. The molecule has 0 aromatic heterocycles. The highest BCUT2D eigenvalue weighted by atomic mass is 16.7. The van der Waals surface area contributed by atoms with Crippen molar-refractivity contribution in [2.24, 2.45) is 23.7 Å². The summed E-state index contributed by atoms with van der Waals surface area (Å²) in [5.41, 5.74) is 0. The largest absolute Gasteiger partial charge is 0.463 e. The van der Waals surface area contributed by atoms with Crippen LogP contribution in [0.4, 0.5) is 0 Å². The molecule has 68 heavy (non-hydrogen) atoms. The fourth-order valence-electron chi connectivity index (χ4n) is 10.5. The zero-order chi connectivity index (χ0) is 48.1. The van der Waals surface area contributed by atoms with Crippen molar-refractivity contribution in [3.05, 3.63) is 25.3 Å². The zero-order valence-electron chi connectivity index (χ0n) is 40.2. The van der Waals surface area contributed by atoms with Gasteiger partial charge in [0.1, 0.15) is 24.4 Å². The van der Waals surface area contributed by atoms with Gasteiger partial charge in [0.25, 0.3) is 0 Å². The Bertz CT molecular complexity index is 1500. The molecule has 4 saturated carbocycles. The number of ether oxygens (including phenoxy) is 10. The molecule has 16 heteroatoms. The molecule has 4 aliphatic carbocycles. The monoisotopic (exact) mass is 959 g/mol. The van der Waals surface area contributed by atoms with Crippen molar-refractivity contribution in [3.8, 4) is 0 Å². The average Bonchev–Trinajstić information content (AvgIpc) is 3.96. The predicted octanol–water partition coefficient (Wildman–Crippen LogP) is 7.54. The van der Waals surface area contributed by atoms with E-state index in [-0.39, 0.29) is 97.1 Å². The number of esters is 6.